The second-order valence-electron chi connectivity index (χ2n) is 6.32. The Labute approximate surface area is 133 Å². The summed E-state index contributed by atoms with van der Waals surface area (Å²) in [5, 5.41) is 3.70. The number of rotatable bonds is 9. The quantitative estimate of drug-likeness (QED) is 0.623. The Balaban J connectivity index is 2.96. The lowest BCUT2D eigenvalue weighted by molar-refractivity contribution is 0.328. The van der Waals surface area contributed by atoms with Crippen molar-refractivity contribution >= 4 is 15.9 Å². The van der Waals surface area contributed by atoms with E-state index in [1.165, 1.54) is 35.7 Å². The van der Waals surface area contributed by atoms with Gasteiger partial charge in [0.25, 0.3) is 0 Å². The highest BCUT2D eigenvalue weighted by Gasteiger charge is 2.30. The molecule has 114 valence electrons. The van der Waals surface area contributed by atoms with Crippen molar-refractivity contribution < 1.29 is 0 Å². The molecule has 20 heavy (non-hydrogen) atoms. The van der Waals surface area contributed by atoms with Gasteiger partial charge in [-0.1, -0.05) is 68.6 Å². The van der Waals surface area contributed by atoms with E-state index >= 15 is 0 Å². The molecule has 1 rings (SSSR count). The molecule has 0 bridgehead atoms. The molecule has 1 N–H and O–H groups in total. The van der Waals surface area contributed by atoms with Crippen molar-refractivity contribution in [3.8, 4) is 0 Å². The van der Waals surface area contributed by atoms with E-state index in [-0.39, 0.29) is 5.41 Å². The monoisotopic (exact) mass is 339 g/mol. The van der Waals surface area contributed by atoms with E-state index in [0.717, 1.165) is 13.1 Å². The maximum atomic E-state index is 3.70. The Bertz CT molecular complexity index is 381. The molecule has 0 spiro atoms. The zero-order valence-corrected chi connectivity index (χ0v) is 15.1. The average molecular weight is 340 g/mol. The summed E-state index contributed by atoms with van der Waals surface area (Å²) in [7, 11) is 0. The van der Waals surface area contributed by atoms with E-state index in [1.807, 2.05) is 0 Å². The van der Waals surface area contributed by atoms with Crippen molar-refractivity contribution in [2.24, 2.45) is 5.92 Å². The number of nitrogens with one attached hydrogen (secondary N) is 1. The summed E-state index contributed by atoms with van der Waals surface area (Å²) in [6.45, 7) is 11.3. The molecule has 1 aromatic carbocycles. The van der Waals surface area contributed by atoms with Crippen LogP contribution in [0.25, 0.3) is 0 Å². The maximum absolute atomic E-state index is 3.70. The molecule has 0 amide bonds. The van der Waals surface area contributed by atoms with Crippen LogP contribution in [0.3, 0.4) is 0 Å². The summed E-state index contributed by atoms with van der Waals surface area (Å²) in [6, 6.07) is 8.89. The molecular weight excluding hydrogens is 310 g/mol. The van der Waals surface area contributed by atoms with Crippen molar-refractivity contribution in [3.63, 3.8) is 0 Å². The van der Waals surface area contributed by atoms with Crippen molar-refractivity contribution in [1.29, 1.82) is 0 Å². The molecule has 0 atom stereocenters. The minimum atomic E-state index is 0.280. The Morgan fingerprint density at radius 2 is 1.80 bits per heavy atom. The van der Waals surface area contributed by atoms with Crippen molar-refractivity contribution in [2.75, 3.05) is 13.1 Å². The van der Waals surface area contributed by atoms with E-state index in [4.69, 9.17) is 0 Å². The number of halogens is 1. The Morgan fingerprint density at radius 1 is 1.15 bits per heavy atom. The first-order valence-electron chi connectivity index (χ1n) is 8.01. The van der Waals surface area contributed by atoms with Gasteiger partial charge in [0.2, 0.25) is 0 Å². The highest BCUT2D eigenvalue weighted by Crippen LogP contribution is 2.35. The molecule has 0 saturated heterocycles. The fourth-order valence-corrected chi connectivity index (χ4v) is 3.47. The third kappa shape index (κ3) is 5.21. The van der Waals surface area contributed by atoms with Gasteiger partial charge in [0.15, 0.2) is 0 Å². The van der Waals surface area contributed by atoms with Gasteiger partial charge in [-0.25, -0.2) is 0 Å². The van der Waals surface area contributed by atoms with E-state index in [1.54, 1.807) is 0 Å². The maximum Gasteiger partial charge on any atom is 0.0178 e. The van der Waals surface area contributed by atoms with Crippen LogP contribution in [0, 0.1) is 5.92 Å². The first kappa shape index (κ1) is 17.7. The van der Waals surface area contributed by atoms with E-state index < -0.39 is 0 Å². The highest BCUT2D eigenvalue weighted by atomic mass is 79.9. The van der Waals surface area contributed by atoms with Gasteiger partial charge >= 0.3 is 0 Å². The molecule has 0 aliphatic heterocycles. The topological polar surface area (TPSA) is 12.0 Å². The highest BCUT2D eigenvalue weighted by molar-refractivity contribution is 9.10. The van der Waals surface area contributed by atoms with Crippen LogP contribution in [0.1, 0.15) is 58.9 Å². The number of hydrogen-bond acceptors (Lipinski definition) is 1. The summed E-state index contributed by atoms with van der Waals surface area (Å²) in [6.07, 6.45) is 4.97. The van der Waals surface area contributed by atoms with Gasteiger partial charge in [0.1, 0.15) is 0 Å². The SMILES string of the molecule is CCCC(CCC)(CNCC(C)C)c1cccc(Br)c1. The fraction of sp³-hybridized carbons (Fsp3) is 0.667. The van der Waals surface area contributed by atoms with Gasteiger partial charge in [-0.3, -0.25) is 0 Å². The lowest BCUT2D eigenvalue weighted by Crippen LogP contribution is -2.39. The normalized spacial score (nSPS) is 12.1. The minimum Gasteiger partial charge on any atom is -0.316 e. The number of hydrogen-bond donors (Lipinski definition) is 1. The molecule has 0 aliphatic rings. The fourth-order valence-electron chi connectivity index (χ4n) is 3.07. The molecule has 0 radical (unpaired) electrons. The van der Waals surface area contributed by atoms with Crippen LogP contribution >= 0.6 is 15.9 Å². The smallest absolute Gasteiger partial charge is 0.0178 e. The predicted molar refractivity (Wildman–Crippen MR) is 93.3 cm³/mol. The van der Waals surface area contributed by atoms with E-state index in [9.17, 15) is 0 Å². The minimum absolute atomic E-state index is 0.280. The Kier molecular flexibility index (Phi) is 7.83. The van der Waals surface area contributed by atoms with Gasteiger partial charge < -0.3 is 5.32 Å². The molecule has 0 unspecified atom stereocenters. The standard InChI is InChI=1S/C18H30BrN/c1-5-10-18(11-6-2,14-20-13-15(3)4)16-8-7-9-17(19)12-16/h7-9,12,15,20H,5-6,10-11,13-14H2,1-4H3. The molecular formula is C18H30BrN. The molecule has 2 heteroatoms. The van der Waals surface area contributed by atoms with Crippen LogP contribution in [0.4, 0.5) is 0 Å². The van der Waals surface area contributed by atoms with Crippen LogP contribution in [0.5, 0.6) is 0 Å². The molecule has 0 fully saturated rings. The first-order valence-corrected chi connectivity index (χ1v) is 8.80. The molecule has 0 aliphatic carbocycles. The second kappa shape index (κ2) is 8.84. The van der Waals surface area contributed by atoms with Gasteiger partial charge in [0.05, 0.1) is 0 Å². The summed E-state index contributed by atoms with van der Waals surface area (Å²) >= 11 is 3.63. The zero-order chi connectivity index (χ0) is 15.0. The van der Waals surface area contributed by atoms with E-state index in [2.05, 4.69) is 73.2 Å². The van der Waals surface area contributed by atoms with Crippen molar-refractivity contribution in [3.05, 3.63) is 34.3 Å². The second-order valence-corrected chi connectivity index (χ2v) is 7.23. The van der Waals surface area contributed by atoms with Crippen LogP contribution in [-0.2, 0) is 5.41 Å². The molecule has 1 aromatic rings. The van der Waals surface area contributed by atoms with Gasteiger partial charge in [-0.05, 0) is 43.0 Å². The Hall–Kier alpha value is -0.340. The first-order chi connectivity index (χ1) is 9.54. The Morgan fingerprint density at radius 3 is 2.30 bits per heavy atom. The molecule has 0 heterocycles. The summed E-state index contributed by atoms with van der Waals surface area (Å²) in [5.41, 5.74) is 1.76. The average Bonchev–Trinajstić information content (AvgIpc) is 2.38. The van der Waals surface area contributed by atoms with Crippen LogP contribution in [0.2, 0.25) is 0 Å². The zero-order valence-electron chi connectivity index (χ0n) is 13.5. The van der Waals surface area contributed by atoms with Gasteiger partial charge in [-0.2, -0.15) is 0 Å². The van der Waals surface area contributed by atoms with Gasteiger partial charge in [0, 0.05) is 16.4 Å². The summed E-state index contributed by atoms with van der Waals surface area (Å²) < 4.78 is 1.19. The van der Waals surface area contributed by atoms with Crippen molar-refractivity contribution in [2.45, 2.75) is 58.8 Å². The summed E-state index contributed by atoms with van der Waals surface area (Å²) in [5.74, 6) is 0.707. The molecule has 1 nitrogen and oxygen atoms in total. The third-order valence-corrected chi connectivity index (χ3v) is 4.40. The third-order valence-electron chi connectivity index (χ3n) is 3.91. The van der Waals surface area contributed by atoms with Crippen LogP contribution < -0.4 is 5.32 Å². The molecule has 0 saturated carbocycles. The van der Waals surface area contributed by atoms with Crippen molar-refractivity contribution in [1.82, 2.24) is 5.32 Å². The van der Waals surface area contributed by atoms with E-state index in [0.29, 0.717) is 5.92 Å². The lowest BCUT2D eigenvalue weighted by Gasteiger charge is -2.35. The van der Waals surface area contributed by atoms with Gasteiger partial charge in [-0.15, -0.1) is 0 Å². The largest absolute Gasteiger partial charge is 0.316 e. The predicted octanol–water partition coefficient (Wildman–Crippen LogP) is 5.53. The van der Waals surface area contributed by atoms with Crippen LogP contribution in [0.15, 0.2) is 28.7 Å². The van der Waals surface area contributed by atoms with Crippen LogP contribution in [-0.4, -0.2) is 13.1 Å². The molecule has 0 aromatic heterocycles. The summed E-state index contributed by atoms with van der Waals surface area (Å²) in [4.78, 5) is 0. The lowest BCUT2D eigenvalue weighted by atomic mass is 9.73. The number of benzene rings is 1.